The highest BCUT2D eigenvalue weighted by molar-refractivity contribution is 6.13. The van der Waals surface area contributed by atoms with Gasteiger partial charge < -0.3 is 9.47 Å². The van der Waals surface area contributed by atoms with Crippen molar-refractivity contribution >= 4 is 38.9 Å². The third kappa shape index (κ3) is 5.79. The lowest BCUT2D eigenvalue weighted by atomic mass is 9.65. The van der Waals surface area contributed by atoms with E-state index in [1.165, 1.54) is 99.8 Å². The topological polar surface area (TPSA) is 8.17 Å². The molecular weight excluding hydrogens is 833 g/mol. The average molecular weight is 877 g/mol. The van der Waals surface area contributed by atoms with Crippen molar-refractivity contribution in [2.24, 2.45) is 0 Å². The zero-order valence-electron chi connectivity index (χ0n) is 37.8. The molecule has 12 aromatic rings. The average Bonchev–Trinajstić information content (AvgIpc) is 3.93. The van der Waals surface area contributed by atoms with E-state index in [-0.39, 0.29) is 0 Å². The van der Waals surface area contributed by atoms with Gasteiger partial charge in [-0.2, -0.15) is 0 Å². The normalized spacial score (nSPS) is 14.1. The lowest BCUT2D eigenvalue weighted by Crippen LogP contribution is -2.33. The van der Waals surface area contributed by atoms with E-state index in [1.807, 2.05) is 0 Å². The minimum Gasteiger partial charge on any atom is -0.309 e. The smallest absolute Gasteiger partial charge is 0.0755 e. The predicted molar refractivity (Wildman–Crippen MR) is 288 cm³/mol. The number of rotatable bonds is 7. The minimum atomic E-state index is -0.580. The van der Waals surface area contributed by atoms with Gasteiger partial charge in [0.15, 0.2) is 0 Å². The maximum atomic E-state index is 2.53. The molecule has 2 heteroatoms. The second-order valence-electron chi connectivity index (χ2n) is 18.3. The van der Waals surface area contributed by atoms with Gasteiger partial charge in [-0.05, 0) is 103 Å². The van der Waals surface area contributed by atoms with Gasteiger partial charge in [-0.1, -0.05) is 231 Å². The summed E-state index contributed by atoms with van der Waals surface area (Å²) in [6, 6.07) is 98.6. The van der Waals surface area contributed by atoms with E-state index in [4.69, 9.17) is 0 Å². The summed E-state index contributed by atoms with van der Waals surface area (Å²) < 4.78 is 2.52. The lowest BCUT2D eigenvalue weighted by molar-refractivity contribution is 0.748. The van der Waals surface area contributed by atoms with Crippen LogP contribution in [0.5, 0.6) is 0 Å². The molecule has 0 N–H and O–H groups in total. The molecule has 1 spiro atoms. The van der Waals surface area contributed by atoms with E-state index in [9.17, 15) is 0 Å². The van der Waals surface area contributed by atoms with Crippen molar-refractivity contribution in [1.29, 1.82) is 0 Å². The van der Waals surface area contributed by atoms with E-state index in [2.05, 4.69) is 276 Å². The highest BCUT2D eigenvalue weighted by Gasteiger charge is 2.51. The van der Waals surface area contributed by atoms with Crippen molar-refractivity contribution in [2.75, 3.05) is 4.90 Å². The molecule has 1 aliphatic heterocycles. The molecule has 1 aromatic heterocycles. The minimum absolute atomic E-state index is 0.580. The van der Waals surface area contributed by atoms with Gasteiger partial charge in [0.1, 0.15) is 0 Å². The fraction of sp³-hybridized carbons (Fsp3) is 0.0149. The van der Waals surface area contributed by atoms with Gasteiger partial charge in [0, 0.05) is 27.6 Å². The molecule has 2 nitrogen and oxygen atoms in total. The maximum Gasteiger partial charge on any atom is 0.0755 e. The number of hydrogen-bond acceptors (Lipinski definition) is 1. The number of hydrogen-bond donors (Lipinski definition) is 0. The maximum absolute atomic E-state index is 2.53. The molecule has 14 rings (SSSR count). The molecule has 322 valence electrons. The molecule has 11 aromatic carbocycles. The molecule has 2 aliphatic rings. The number of aromatic nitrogens is 1. The monoisotopic (exact) mass is 876 g/mol. The first-order valence-electron chi connectivity index (χ1n) is 23.9. The van der Waals surface area contributed by atoms with Crippen molar-refractivity contribution in [1.82, 2.24) is 4.57 Å². The van der Waals surface area contributed by atoms with Gasteiger partial charge in [0.25, 0.3) is 0 Å². The second-order valence-corrected chi connectivity index (χ2v) is 18.3. The van der Waals surface area contributed by atoms with Gasteiger partial charge in [-0.15, -0.1) is 0 Å². The van der Waals surface area contributed by atoms with Crippen LogP contribution in [0.1, 0.15) is 22.3 Å². The molecule has 1 unspecified atom stereocenters. The molecule has 69 heavy (non-hydrogen) atoms. The molecule has 1 aliphatic carbocycles. The van der Waals surface area contributed by atoms with Crippen LogP contribution in [0.3, 0.4) is 0 Å². The number of para-hydroxylation sites is 4. The quantitative estimate of drug-likeness (QED) is 0.155. The summed E-state index contributed by atoms with van der Waals surface area (Å²) in [7, 11) is 0. The van der Waals surface area contributed by atoms with Crippen LogP contribution >= 0.6 is 0 Å². The molecular formula is C67H44N2. The van der Waals surface area contributed by atoms with Gasteiger partial charge >= 0.3 is 0 Å². The summed E-state index contributed by atoms with van der Waals surface area (Å²) in [6.45, 7) is 0. The molecule has 0 amide bonds. The number of fused-ring (bicyclic) bond motifs is 12. The third-order valence-corrected chi connectivity index (χ3v) is 14.8. The van der Waals surface area contributed by atoms with Crippen LogP contribution in [0.4, 0.5) is 17.1 Å². The van der Waals surface area contributed by atoms with Crippen molar-refractivity contribution in [3.63, 3.8) is 0 Å². The van der Waals surface area contributed by atoms with Crippen LogP contribution in [0.25, 0.3) is 83.1 Å². The predicted octanol–water partition coefficient (Wildman–Crippen LogP) is 17.6. The largest absolute Gasteiger partial charge is 0.309 e. The Bertz CT molecular complexity index is 3940. The molecule has 0 fully saturated rings. The molecule has 0 bridgehead atoms. The summed E-state index contributed by atoms with van der Waals surface area (Å²) in [6.07, 6.45) is 0. The highest BCUT2D eigenvalue weighted by Crippen LogP contribution is 2.63. The second kappa shape index (κ2) is 15.6. The van der Waals surface area contributed by atoms with E-state index in [0.29, 0.717) is 0 Å². The van der Waals surface area contributed by atoms with Crippen molar-refractivity contribution in [3.05, 3.63) is 289 Å². The van der Waals surface area contributed by atoms with Gasteiger partial charge in [-0.25, -0.2) is 0 Å². The Morgan fingerprint density at radius 1 is 0.290 bits per heavy atom. The summed E-state index contributed by atoms with van der Waals surface area (Å²) in [4.78, 5) is 2.53. The zero-order valence-corrected chi connectivity index (χ0v) is 37.8. The Hall–Kier alpha value is -8.98. The highest BCUT2D eigenvalue weighted by atomic mass is 15.1. The number of nitrogens with zero attached hydrogens (tertiary/aromatic N) is 2. The van der Waals surface area contributed by atoms with E-state index < -0.39 is 5.41 Å². The van der Waals surface area contributed by atoms with Gasteiger partial charge in [-0.3, -0.25) is 0 Å². The first-order valence-corrected chi connectivity index (χ1v) is 23.9. The van der Waals surface area contributed by atoms with Crippen LogP contribution in [0, 0.1) is 0 Å². The van der Waals surface area contributed by atoms with Crippen LogP contribution in [-0.2, 0) is 5.41 Å². The fourth-order valence-corrected chi connectivity index (χ4v) is 12.0. The molecule has 1 atom stereocenters. The first kappa shape index (κ1) is 39.2. The molecule has 0 radical (unpaired) electrons. The molecule has 0 saturated carbocycles. The molecule has 0 saturated heterocycles. The van der Waals surface area contributed by atoms with Crippen molar-refractivity contribution in [3.8, 4) is 61.3 Å². The van der Waals surface area contributed by atoms with Gasteiger partial charge in [0.05, 0.1) is 33.5 Å². The zero-order chi connectivity index (χ0) is 45.5. The van der Waals surface area contributed by atoms with E-state index >= 15 is 0 Å². The third-order valence-electron chi connectivity index (χ3n) is 14.8. The Labute approximate surface area is 402 Å². The van der Waals surface area contributed by atoms with Crippen LogP contribution in [-0.4, -0.2) is 4.57 Å². The summed E-state index contributed by atoms with van der Waals surface area (Å²) in [5, 5.41) is 2.55. The first-order chi connectivity index (χ1) is 34.3. The van der Waals surface area contributed by atoms with Crippen molar-refractivity contribution in [2.45, 2.75) is 5.41 Å². The Balaban J connectivity index is 1.02. The summed E-state index contributed by atoms with van der Waals surface area (Å²) in [5.41, 5.74) is 23.7. The van der Waals surface area contributed by atoms with Crippen LogP contribution in [0.15, 0.2) is 267 Å². The lowest BCUT2D eigenvalue weighted by Gasteiger charge is -2.39. The van der Waals surface area contributed by atoms with Gasteiger partial charge in [0.2, 0.25) is 0 Å². The number of anilines is 3. The Morgan fingerprint density at radius 2 is 0.783 bits per heavy atom. The van der Waals surface area contributed by atoms with Crippen LogP contribution < -0.4 is 4.90 Å². The molecule has 2 heterocycles. The van der Waals surface area contributed by atoms with Crippen molar-refractivity contribution < 1.29 is 0 Å². The Kier molecular flexibility index (Phi) is 8.84. The summed E-state index contributed by atoms with van der Waals surface area (Å²) >= 11 is 0. The Morgan fingerprint density at radius 3 is 1.54 bits per heavy atom. The van der Waals surface area contributed by atoms with E-state index in [1.54, 1.807) is 0 Å². The number of benzene rings is 11. The van der Waals surface area contributed by atoms with E-state index in [0.717, 1.165) is 22.6 Å². The summed E-state index contributed by atoms with van der Waals surface area (Å²) in [5.74, 6) is 0. The standard InChI is InChI=1S/C67H44N2/c1-3-19-45(20-4-1)46-37-39-47(40-38-46)48-41-43-50(44-42-48)68(61-33-14-10-25-53(61)52-24-8-7-23-51(52)49-21-5-2-6-22-49)64-36-18-31-59-65(64)56-27-9-12-29-57(56)67(59)58-30-13-16-35-63(58)69-62-34-15-11-26-54(62)55-28-17-32-60(67)66(55)69/h1-44H. The SMILES string of the molecule is c1ccc(-c2ccc(-c3ccc(N(c4ccccc4-c4ccccc4-c4ccccc4)c4cccc5c4-c4ccccc4C54c5ccccc5-n5c6ccccc6c6cccc4c65)cc3)cc2)cc1. The van der Waals surface area contributed by atoms with Crippen LogP contribution in [0.2, 0.25) is 0 Å². The fourth-order valence-electron chi connectivity index (χ4n) is 12.0.